The Morgan fingerprint density at radius 3 is 3.25 bits per heavy atom. The van der Waals surface area contributed by atoms with E-state index in [9.17, 15) is 0 Å². The minimum atomic E-state index is 0.286. The van der Waals surface area contributed by atoms with Gasteiger partial charge in [-0.1, -0.05) is 11.3 Å². The van der Waals surface area contributed by atoms with E-state index < -0.39 is 0 Å². The van der Waals surface area contributed by atoms with E-state index in [-0.39, 0.29) is 6.04 Å². The highest BCUT2D eigenvalue weighted by molar-refractivity contribution is 7.21. The van der Waals surface area contributed by atoms with Gasteiger partial charge < -0.3 is 10.6 Å². The first-order valence-electron chi connectivity index (χ1n) is 5.55. The first kappa shape index (κ1) is 9.99. The maximum absolute atomic E-state index is 5.98. The van der Waals surface area contributed by atoms with Crippen LogP contribution in [-0.2, 0) is 0 Å². The van der Waals surface area contributed by atoms with Gasteiger partial charge in [0.1, 0.15) is 10.3 Å². The second-order valence-corrected chi connectivity index (χ2v) is 5.13. The molecule has 1 aliphatic rings. The molecule has 16 heavy (non-hydrogen) atoms. The zero-order chi connectivity index (χ0) is 11.0. The molecule has 0 saturated carbocycles. The summed E-state index contributed by atoms with van der Waals surface area (Å²) in [5, 5.41) is 1.06. The van der Waals surface area contributed by atoms with Gasteiger partial charge in [0.2, 0.25) is 0 Å². The third kappa shape index (κ3) is 1.76. The highest BCUT2D eigenvalue weighted by Crippen LogP contribution is 2.28. The van der Waals surface area contributed by atoms with Crippen LogP contribution < -0.4 is 10.6 Å². The fourth-order valence-corrected chi connectivity index (χ4v) is 3.02. The average Bonchev–Trinajstić information content (AvgIpc) is 2.72. The molecule has 2 aromatic rings. The molecule has 0 unspecified atom stereocenters. The Bertz CT molecular complexity index is 462. The van der Waals surface area contributed by atoms with Crippen LogP contribution in [0.1, 0.15) is 12.8 Å². The fourth-order valence-electron chi connectivity index (χ4n) is 2.08. The lowest BCUT2D eigenvalue weighted by Crippen LogP contribution is -2.42. The van der Waals surface area contributed by atoms with Crippen LogP contribution in [-0.4, -0.2) is 29.1 Å². The van der Waals surface area contributed by atoms with Crippen LogP contribution in [0, 0.1) is 0 Å². The van der Waals surface area contributed by atoms with Crippen molar-refractivity contribution >= 4 is 26.8 Å². The van der Waals surface area contributed by atoms with Gasteiger partial charge in [-0.15, -0.1) is 0 Å². The molecule has 4 nitrogen and oxygen atoms in total. The van der Waals surface area contributed by atoms with Crippen molar-refractivity contribution in [2.24, 2.45) is 5.73 Å². The van der Waals surface area contributed by atoms with Gasteiger partial charge in [0.15, 0.2) is 5.13 Å². The van der Waals surface area contributed by atoms with Crippen molar-refractivity contribution < 1.29 is 0 Å². The molecule has 0 aliphatic carbocycles. The predicted octanol–water partition coefficient (Wildman–Crippen LogP) is 1.62. The van der Waals surface area contributed by atoms with Gasteiger partial charge in [0, 0.05) is 25.3 Å². The smallest absolute Gasteiger partial charge is 0.188 e. The molecule has 2 N–H and O–H groups in total. The zero-order valence-electron chi connectivity index (χ0n) is 8.97. The van der Waals surface area contributed by atoms with Gasteiger partial charge in [0.25, 0.3) is 0 Å². The van der Waals surface area contributed by atoms with E-state index in [1.807, 2.05) is 18.3 Å². The summed E-state index contributed by atoms with van der Waals surface area (Å²) in [5.74, 6) is 0. The number of pyridine rings is 1. The first-order valence-corrected chi connectivity index (χ1v) is 6.36. The summed E-state index contributed by atoms with van der Waals surface area (Å²) in [7, 11) is 0. The molecule has 2 aromatic heterocycles. The molecule has 1 aliphatic heterocycles. The Labute approximate surface area is 98.1 Å². The highest BCUT2D eigenvalue weighted by Gasteiger charge is 2.19. The van der Waals surface area contributed by atoms with Gasteiger partial charge in [-0.2, -0.15) is 0 Å². The monoisotopic (exact) mass is 234 g/mol. The molecule has 3 rings (SSSR count). The highest BCUT2D eigenvalue weighted by atomic mass is 32.1. The third-order valence-electron chi connectivity index (χ3n) is 2.88. The molecule has 0 aromatic carbocycles. The number of hydrogen-bond donors (Lipinski definition) is 1. The Hall–Kier alpha value is -1.20. The van der Waals surface area contributed by atoms with E-state index in [2.05, 4.69) is 14.9 Å². The van der Waals surface area contributed by atoms with Crippen molar-refractivity contribution in [1.29, 1.82) is 0 Å². The number of nitrogens with two attached hydrogens (primary N) is 1. The van der Waals surface area contributed by atoms with E-state index in [4.69, 9.17) is 5.73 Å². The minimum absolute atomic E-state index is 0.286. The van der Waals surface area contributed by atoms with E-state index in [0.29, 0.717) is 0 Å². The van der Waals surface area contributed by atoms with E-state index in [1.165, 1.54) is 0 Å². The molecule has 84 valence electrons. The van der Waals surface area contributed by atoms with Crippen LogP contribution in [0.5, 0.6) is 0 Å². The molecule has 0 bridgehead atoms. The molecule has 1 fully saturated rings. The number of aromatic nitrogens is 2. The van der Waals surface area contributed by atoms with Crippen LogP contribution in [0.25, 0.3) is 10.3 Å². The normalized spacial score (nSPS) is 21.6. The Morgan fingerprint density at radius 1 is 1.50 bits per heavy atom. The van der Waals surface area contributed by atoms with Crippen molar-refractivity contribution in [3.63, 3.8) is 0 Å². The lowest BCUT2D eigenvalue weighted by atomic mass is 10.1. The Morgan fingerprint density at radius 2 is 2.44 bits per heavy atom. The van der Waals surface area contributed by atoms with E-state index >= 15 is 0 Å². The number of rotatable bonds is 1. The third-order valence-corrected chi connectivity index (χ3v) is 3.92. The van der Waals surface area contributed by atoms with Gasteiger partial charge in [-0.05, 0) is 25.0 Å². The second kappa shape index (κ2) is 3.99. The molecule has 5 heteroatoms. The lowest BCUT2D eigenvalue weighted by Gasteiger charge is -2.30. The van der Waals surface area contributed by atoms with Crippen LogP contribution in [0.4, 0.5) is 5.13 Å². The number of thiazole rings is 1. The summed E-state index contributed by atoms with van der Waals surface area (Å²) in [4.78, 5) is 12.2. The molecule has 1 atom stereocenters. The Kier molecular flexibility index (Phi) is 2.49. The fraction of sp³-hybridized carbons (Fsp3) is 0.455. The topological polar surface area (TPSA) is 55.0 Å². The summed E-state index contributed by atoms with van der Waals surface area (Å²) in [6.45, 7) is 1.98. The minimum Gasteiger partial charge on any atom is -0.346 e. The molecule has 1 saturated heterocycles. The van der Waals surface area contributed by atoms with Crippen molar-refractivity contribution in [2.75, 3.05) is 18.0 Å². The number of fused-ring (bicyclic) bond motifs is 1. The van der Waals surface area contributed by atoms with Crippen molar-refractivity contribution in [3.05, 3.63) is 18.3 Å². The first-order chi connectivity index (χ1) is 7.83. The standard InChI is InChI=1S/C11H14N4S/c12-8-3-2-6-15(7-8)11-14-9-4-1-5-13-10(9)16-11/h1,4-5,8H,2-3,6-7,12H2/t8-/m0/s1. The largest absolute Gasteiger partial charge is 0.346 e. The SMILES string of the molecule is N[C@H]1CCCN(c2nc3cccnc3s2)C1. The number of anilines is 1. The summed E-state index contributed by atoms with van der Waals surface area (Å²) >= 11 is 1.65. The van der Waals surface area contributed by atoms with Crippen LogP contribution in [0.3, 0.4) is 0 Å². The molecule has 0 radical (unpaired) electrons. The number of piperidine rings is 1. The Balaban J connectivity index is 1.93. The second-order valence-electron chi connectivity index (χ2n) is 4.17. The molecular formula is C11H14N4S. The lowest BCUT2D eigenvalue weighted by molar-refractivity contribution is 0.506. The van der Waals surface area contributed by atoms with Gasteiger partial charge >= 0.3 is 0 Å². The van der Waals surface area contributed by atoms with Gasteiger partial charge in [-0.25, -0.2) is 9.97 Å². The van der Waals surface area contributed by atoms with Crippen molar-refractivity contribution in [1.82, 2.24) is 9.97 Å². The molecule has 3 heterocycles. The average molecular weight is 234 g/mol. The van der Waals surface area contributed by atoms with Gasteiger partial charge in [0.05, 0.1) is 0 Å². The van der Waals surface area contributed by atoms with Crippen LogP contribution in [0.15, 0.2) is 18.3 Å². The summed E-state index contributed by atoms with van der Waals surface area (Å²) in [5.41, 5.74) is 6.96. The number of nitrogens with zero attached hydrogens (tertiary/aromatic N) is 3. The maximum Gasteiger partial charge on any atom is 0.188 e. The zero-order valence-corrected chi connectivity index (χ0v) is 9.78. The maximum atomic E-state index is 5.98. The van der Waals surface area contributed by atoms with Gasteiger partial charge in [-0.3, -0.25) is 0 Å². The summed E-state index contributed by atoms with van der Waals surface area (Å²) in [6.07, 6.45) is 4.09. The summed E-state index contributed by atoms with van der Waals surface area (Å²) < 4.78 is 0. The van der Waals surface area contributed by atoms with Crippen molar-refractivity contribution in [3.8, 4) is 0 Å². The number of hydrogen-bond acceptors (Lipinski definition) is 5. The quantitative estimate of drug-likeness (QED) is 0.814. The molecular weight excluding hydrogens is 220 g/mol. The summed E-state index contributed by atoms with van der Waals surface area (Å²) in [6, 6.07) is 4.22. The van der Waals surface area contributed by atoms with E-state index in [0.717, 1.165) is 41.4 Å². The van der Waals surface area contributed by atoms with Crippen LogP contribution in [0.2, 0.25) is 0 Å². The molecule has 0 spiro atoms. The predicted molar refractivity (Wildman–Crippen MR) is 66.8 cm³/mol. The van der Waals surface area contributed by atoms with Crippen molar-refractivity contribution in [2.45, 2.75) is 18.9 Å². The van der Waals surface area contributed by atoms with Crippen LogP contribution >= 0.6 is 11.3 Å². The molecule has 0 amide bonds. The van der Waals surface area contributed by atoms with E-state index in [1.54, 1.807) is 11.3 Å².